The minimum atomic E-state index is 0.343. The fourth-order valence-electron chi connectivity index (χ4n) is 2.26. The van der Waals surface area contributed by atoms with Crippen molar-refractivity contribution >= 4 is 11.6 Å². The zero-order valence-corrected chi connectivity index (χ0v) is 11.9. The summed E-state index contributed by atoms with van der Waals surface area (Å²) in [7, 11) is 0. The molecule has 2 aromatic carbocycles. The summed E-state index contributed by atoms with van der Waals surface area (Å²) in [5.74, 6) is 0.343. The van der Waals surface area contributed by atoms with E-state index in [1.165, 1.54) is 0 Å². The summed E-state index contributed by atoms with van der Waals surface area (Å²) in [4.78, 5) is 0. The standard InChI is InChI=1S/C16H14ClN3/c1-12-7-5-6-10-15(12)20-16(14(11-17)18-19-20)13-8-3-2-4-9-13/h2-10H,11H2,1H3. The van der Waals surface area contributed by atoms with Crippen LogP contribution in [0.4, 0.5) is 0 Å². The van der Waals surface area contributed by atoms with Gasteiger partial charge in [0.25, 0.3) is 0 Å². The zero-order valence-electron chi connectivity index (χ0n) is 11.1. The van der Waals surface area contributed by atoms with Crippen LogP contribution in [-0.4, -0.2) is 15.0 Å². The predicted molar refractivity (Wildman–Crippen MR) is 81.1 cm³/mol. The molecule has 3 aromatic rings. The quantitative estimate of drug-likeness (QED) is 0.681. The van der Waals surface area contributed by atoms with Crippen LogP contribution < -0.4 is 0 Å². The van der Waals surface area contributed by atoms with Crippen LogP contribution in [0.25, 0.3) is 16.9 Å². The average Bonchev–Trinajstić information content (AvgIpc) is 2.92. The van der Waals surface area contributed by atoms with Crippen LogP contribution in [0.1, 0.15) is 11.3 Å². The van der Waals surface area contributed by atoms with Gasteiger partial charge in [-0.2, -0.15) is 0 Å². The van der Waals surface area contributed by atoms with Crippen molar-refractivity contribution in [3.05, 3.63) is 65.9 Å². The molecule has 0 aliphatic rings. The third-order valence-electron chi connectivity index (χ3n) is 3.26. The molecular formula is C16H14ClN3. The molecule has 0 unspecified atom stereocenters. The summed E-state index contributed by atoms with van der Waals surface area (Å²) < 4.78 is 1.86. The van der Waals surface area contributed by atoms with Gasteiger partial charge >= 0.3 is 0 Å². The summed E-state index contributed by atoms with van der Waals surface area (Å²) in [6.07, 6.45) is 0. The molecule has 0 radical (unpaired) electrons. The third-order valence-corrected chi connectivity index (χ3v) is 3.51. The normalized spacial score (nSPS) is 10.7. The molecule has 0 spiro atoms. The van der Waals surface area contributed by atoms with Gasteiger partial charge in [-0.25, -0.2) is 4.68 Å². The van der Waals surface area contributed by atoms with Crippen molar-refractivity contribution in [2.45, 2.75) is 12.8 Å². The van der Waals surface area contributed by atoms with Gasteiger partial charge in [0, 0.05) is 5.56 Å². The van der Waals surface area contributed by atoms with Crippen LogP contribution in [0.3, 0.4) is 0 Å². The first-order valence-corrected chi connectivity index (χ1v) is 6.96. The van der Waals surface area contributed by atoms with Crippen molar-refractivity contribution in [3.8, 4) is 16.9 Å². The smallest absolute Gasteiger partial charge is 0.106 e. The van der Waals surface area contributed by atoms with Gasteiger partial charge < -0.3 is 0 Å². The zero-order chi connectivity index (χ0) is 13.9. The van der Waals surface area contributed by atoms with Gasteiger partial charge in [0.1, 0.15) is 5.69 Å². The molecule has 0 aliphatic carbocycles. The summed E-state index contributed by atoms with van der Waals surface area (Å²) in [5.41, 5.74) is 4.98. The van der Waals surface area contributed by atoms with Crippen LogP contribution in [0.2, 0.25) is 0 Å². The molecule has 0 saturated heterocycles. The van der Waals surface area contributed by atoms with Crippen LogP contribution >= 0.6 is 11.6 Å². The fraction of sp³-hybridized carbons (Fsp3) is 0.125. The minimum absolute atomic E-state index is 0.343. The van der Waals surface area contributed by atoms with Gasteiger partial charge in [-0.1, -0.05) is 53.7 Å². The van der Waals surface area contributed by atoms with Crippen LogP contribution in [0, 0.1) is 6.92 Å². The number of hydrogen-bond acceptors (Lipinski definition) is 2. The lowest BCUT2D eigenvalue weighted by atomic mass is 10.1. The molecule has 0 atom stereocenters. The van der Waals surface area contributed by atoms with Crippen molar-refractivity contribution in [3.63, 3.8) is 0 Å². The van der Waals surface area contributed by atoms with Gasteiger partial charge in [0.05, 0.1) is 17.3 Å². The molecule has 4 heteroatoms. The van der Waals surface area contributed by atoms with Gasteiger partial charge in [-0.15, -0.1) is 16.7 Å². The maximum atomic E-state index is 6.01. The number of aryl methyl sites for hydroxylation is 1. The van der Waals surface area contributed by atoms with Crippen molar-refractivity contribution in [1.29, 1.82) is 0 Å². The van der Waals surface area contributed by atoms with Crippen molar-refractivity contribution < 1.29 is 0 Å². The Morgan fingerprint density at radius 1 is 1.00 bits per heavy atom. The Morgan fingerprint density at radius 2 is 1.70 bits per heavy atom. The Morgan fingerprint density at radius 3 is 2.40 bits per heavy atom. The van der Waals surface area contributed by atoms with E-state index in [0.29, 0.717) is 5.88 Å². The SMILES string of the molecule is Cc1ccccc1-n1nnc(CCl)c1-c1ccccc1. The fourth-order valence-corrected chi connectivity index (χ4v) is 2.44. The van der Waals surface area contributed by atoms with E-state index in [0.717, 1.165) is 28.2 Å². The molecule has 0 N–H and O–H groups in total. The Hall–Kier alpha value is -2.13. The Kier molecular flexibility index (Phi) is 3.52. The van der Waals surface area contributed by atoms with Gasteiger partial charge in [-0.3, -0.25) is 0 Å². The minimum Gasteiger partial charge on any atom is -0.212 e. The Balaban J connectivity index is 2.24. The molecule has 0 bridgehead atoms. The van der Waals surface area contributed by atoms with E-state index in [1.807, 2.05) is 53.2 Å². The first-order chi connectivity index (χ1) is 9.81. The summed E-state index contributed by atoms with van der Waals surface area (Å²) >= 11 is 6.01. The number of nitrogens with zero attached hydrogens (tertiary/aromatic N) is 3. The highest BCUT2D eigenvalue weighted by atomic mass is 35.5. The maximum Gasteiger partial charge on any atom is 0.106 e. The van der Waals surface area contributed by atoms with E-state index in [4.69, 9.17) is 11.6 Å². The largest absolute Gasteiger partial charge is 0.212 e. The van der Waals surface area contributed by atoms with Gasteiger partial charge in [0.15, 0.2) is 0 Å². The van der Waals surface area contributed by atoms with E-state index in [9.17, 15) is 0 Å². The second-order valence-corrected chi connectivity index (χ2v) is 4.85. The monoisotopic (exact) mass is 283 g/mol. The van der Waals surface area contributed by atoms with Gasteiger partial charge in [-0.05, 0) is 18.6 Å². The van der Waals surface area contributed by atoms with Crippen molar-refractivity contribution in [2.75, 3.05) is 0 Å². The van der Waals surface area contributed by atoms with Crippen LogP contribution in [0.5, 0.6) is 0 Å². The van der Waals surface area contributed by atoms with Crippen molar-refractivity contribution in [1.82, 2.24) is 15.0 Å². The molecule has 0 aliphatic heterocycles. The topological polar surface area (TPSA) is 30.7 Å². The molecule has 0 amide bonds. The highest BCUT2D eigenvalue weighted by Gasteiger charge is 2.16. The van der Waals surface area contributed by atoms with Gasteiger partial charge in [0.2, 0.25) is 0 Å². The Bertz CT molecular complexity index is 720. The van der Waals surface area contributed by atoms with Crippen LogP contribution in [-0.2, 0) is 5.88 Å². The molecule has 1 aromatic heterocycles. The van der Waals surface area contributed by atoms with E-state index in [2.05, 4.69) is 23.3 Å². The molecule has 1 heterocycles. The lowest BCUT2D eigenvalue weighted by Crippen LogP contribution is -2.02. The second-order valence-electron chi connectivity index (χ2n) is 4.58. The number of halogens is 1. The van der Waals surface area contributed by atoms with E-state index >= 15 is 0 Å². The van der Waals surface area contributed by atoms with Crippen molar-refractivity contribution in [2.24, 2.45) is 0 Å². The highest BCUT2D eigenvalue weighted by Crippen LogP contribution is 2.27. The first kappa shape index (κ1) is 12.9. The number of rotatable bonds is 3. The molecule has 0 fully saturated rings. The van der Waals surface area contributed by atoms with E-state index in [1.54, 1.807) is 0 Å². The summed E-state index contributed by atoms with van der Waals surface area (Å²) in [6, 6.07) is 18.2. The molecule has 0 saturated carbocycles. The number of aromatic nitrogens is 3. The molecular weight excluding hydrogens is 270 g/mol. The maximum absolute atomic E-state index is 6.01. The number of hydrogen-bond donors (Lipinski definition) is 0. The molecule has 3 nitrogen and oxygen atoms in total. The van der Waals surface area contributed by atoms with E-state index < -0.39 is 0 Å². The summed E-state index contributed by atoms with van der Waals surface area (Å²) in [6.45, 7) is 2.06. The number of alkyl halides is 1. The molecule has 100 valence electrons. The number of benzene rings is 2. The number of para-hydroxylation sites is 1. The highest BCUT2D eigenvalue weighted by molar-refractivity contribution is 6.17. The third kappa shape index (κ3) is 2.21. The molecule has 20 heavy (non-hydrogen) atoms. The first-order valence-electron chi connectivity index (χ1n) is 6.43. The van der Waals surface area contributed by atoms with E-state index in [-0.39, 0.29) is 0 Å². The lowest BCUT2D eigenvalue weighted by molar-refractivity contribution is 0.800. The van der Waals surface area contributed by atoms with Crippen LogP contribution in [0.15, 0.2) is 54.6 Å². The Labute approximate surface area is 122 Å². The second kappa shape index (κ2) is 5.47. The lowest BCUT2D eigenvalue weighted by Gasteiger charge is -2.10. The predicted octanol–water partition coefficient (Wildman–Crippen LogP) is 3.98. The average molecular weight is 284 g/mol. The molecule has 3 rings (SSSR count). The summed E-state index contributed by atoms with van der Waals surface area (Å²) in [5, 5.41) is 8.49.